The Labute approximate surface area is 183 Å². The summed E-state index contributed by atoms with van der Waals surface area (Å²) in [5.41, 5.74) is 0.484. The van der Waals surface area contributed by atoms with Crippen molar-refractivity contribution in [1.82, 2.24) is 24.8 Å². The molecular formula is C21H24F2N6O3. The first kappa shape index (κ1) is 21.9. The Hall–Kier alpha value is -3.34. The molecule has 1 aliphatic rings. The number of carbonyl (C=O) groups is 1. The number of hydrogen-bond donors (Lipinski definition) is 0. The fourth-order valence-corrected chi connectivity index (χ4v) is 3.61. The van der Waals surface area contributed by atoms with Gasteiger partial charge in [0.1, 0.15) is 23.0 Å². The van der Waals surface area contributed by atoms with Gasteiger partial charge in [-0.1, -0.05) is 5.16 Å². The Morgan fingerprint density at radius 3 is 2.56 bits per heavy atom. The fourth-order valence-electron chi connectivity index (χ4n) is 3.61. The van der Waals surface area contributed by atoms with Crippen LogP contribution in [0.2, 0.25) is 0 Å². The predicted octanol–water partition coefficient (Wildman–Crippen LogP) is 2.29. The number of halogens is 2. The molecule has 0 spiro atoms. The molecule has 0 radical (unpaired) electrons. The van der Waals surface area contributed by atoms with Gasteiger partial charge in [-0.05, 0) is 25.1 Å². The summed E-state index contributed by atoms with van der Waals surface area (Å²) < 4.78 is 41.5. The van der Waals surface area contributed by atoms with Crippen LogP contribution in [0.15, 0.2) is 28.9 Å². The van der Waals surface area contributed by atoms with Crippen LogP contribution in [0.5, 0.6) is 0 Å². The number of morpholine rings is 1. The second-order valence-electron chi connectivity index (χ2n) is 7.71. The number of benzene rings is 1. The zero-order valence-electron chi connectivity index (χ0n) is 18.1. The number of ether oxygens (including phenoxy) is 1. The van der Waals surface area contributed by atoms with Gasteiger partial charge in [0.05, 0.1) is 13.2 Å². The maximum absolute atomic E-state index is 14.7. The van der Waals surface area contributed by atoms with Gasteiger partial charge >= 0.3 is 0 Å². The van der Waals surface area contributed by atoms with Crippen molar-refractivity contribution in [2.75, 3.05) is 38.3 Å². The quantitative estimate of drug-likeness (QED) is 0.574. The summed E-state index contributed by atoms with van der Waals surface area (Å²) in [5.74, 6) is -1.30. The van der Waals surface area contributed by atoms with Crippen LogP contribution in [-0.2, 0) is 18.2 Å². The lowest BCUT2D eigenvalue weighted by molar-refractivity contribution is 0.0740. The molecule has 1 fully saturated rings. The summed E-state index contributed by atoms with van der Waals surface area (Å²) >= 11 is 0. The first-order valence-corrected chi connectivity index (χ1v) is 10.2. The maximum atomic E-state index is 14.7. The fraction of sp³-hybridized carbons (Fsp3) is 0.429. The molecule has 1 aliphatic heterocycles. The van der Waals surface area contributed by atoms with Crippen LogP contribution in [-0.4, -0.2) is 70.1 Å². The highest BCUT2D eigenvalue weighted by atomic mass is 19.1. The van der Waals surface area contributed by atoms with E-state index in [-0.39, 0.29) is 17.3 Å². The molecule has 1 unspecified atom stereocenters. The standard InChI is InChI=1S/C21H24F2N6O3/c1-13(10-18-25-20(32-26-18)17-4-5-24-28(17)3)27(2)21(30)14-11-15(22)19(16(23)12-14)29-6-8-31-9-7-29/h4-5,11-13H,6-10H2,1-3H3. The van der Waals surface area contributed by atoms with Gasteiger partial charge in [0.15, 0.2) is 5.82 Å². The van der Waals surface area contributed by atoms with Gasteiger partial charge in [0.2, 0.25) is 0 Å². The summed E-state index contributed by atoms with van der Waals surface area (Å²) in [7, 11) is 3.33. The Morgan fingerprint density at radius 2 is 1.94 bits per heavy atom. The Morgan fingerprint density at radius 1 is 1.25 bits per heavy atom. The highest BCUT2D eigenvalue weighted by Crippen LogP contribution is 2.27. The van der Waals surface area contributed by atoms with E-state index in [9.17, 15) is 13.6 Å². The molecule has 0 N–H and O–H groups in total. The molecule has 3 aromatic rings. The van der Waals surface area contributed by atoms with Gasteiger partial charge in [-0.25, -0.2) is 8.78 Å². The van der Waals surface area contributed by atoms with E-state index < -0.39 is 17.5 Å². The van der Waals surface area contributed by atoms with Crippen molar-refractivity contribution in [2.24, 2.45) is 7.05 Å². The molecule has 1 amide bonds. The van der Waals surface area contributed by atoms with E-state index in [2.05, 4.69) is 15.2 Å². The van der Waals surface area contributed by atoms with Crippen LogP contribution >= 0.6 is 0 Å². The van der Waals surface area contributed by atoms with Gasteiger partial charge in [-0.15, -0.1) is 0 Å². The Kier molecular flexibility index (Phi) is 6.17. The lowest BCUT2D eigenvalue weighted by Crippen LogP contribution is -2.38. The van der Waals surface area contributed by atoms with Crippen LogP contribution in [0.25, 0.3) is 11.6 Å². The number of carbonyl (C=O) groups excluding carboxylic acids is 1. The van der Waals surface area contributed by atoms with Gasteiger partial charge in [-0.2, -0.15) is 10.1 Å². The molecule has 0 bridgehead atoms. The van der Waals surface area contributed by atoms with Crippen molar-refractivity contribution in [3.05, 3.63) is 47.4 Å². The zero-order chi connectivity index (χ0) is 22.8. The van der Waals surface area contributed by atoms with Crippen LogP contribution in [0.3, 0.4) is 0 Å². The molecular weight excluding hydrogens is 422 g/mol. The van der Waals surface area contributed by atoms with E-state index in [1.54, 1.807) is 42.9 Å². The molecule has 0 aliphatic carbocycles. The largest absolute Gasteiger partial charge is 0.378 e. The van der Waals surface area contributed by atoms with Crippen LogP contribution in [0.1, 0.15) is 23.1 Å². The Balaban J connectivity index is 1.46. The maximum Gasteiger partial charge on any atom is 0.276 e. The third-order valence-corrected chi connectivity index (χ3v) is 5.56. The number of hydrogen-bond acceptors (Lipinski definition) is 7. The lowest BCUT2D eigenvalue weighted by Gasteiger charge is -2.30. The van der Waals surface area contributed by atoms with E-state index in [0.717, 1.165) is 12.1 Å². The second kappa shape index (κ2) is 9.03. The number of nitrogens with zero attached hydrogens (tertiary/aromatic N) is 6. The summed E-state index contributed by atoms with van der Waals surface area (Å²) in [6.07, 6.45) is 1.93. The number of aryl methyl sites for hydroxylation is 1. The van der Waals surface area contributed by atoms with Gasteiger partial charge in [0.25, 0.3) is 11.8 Å². The van der Waals surface area contributed by atoms with Crippen molar-refractivity contribution in [3.63, 3.8) is 0 Å². The van der Waals surface area contributed by atoms with Crippen molar-refractivity contribution in [3.8, 4) is 11.6 Å². The van der Waals surface area contributed by atoms with Crippen molar-refractivity contribution in [1.29, 1.82) is 0 Å². The molecule has 11 heteroatoms. The number of aromatic nitrogens is 4. The first-order chi connectivity index (χ1) is 15.3. The minimum atomic E-state index is -0.768. The number of likely N-dealkylation sites (N-methyl/N-ethyl adjacent to an activating group) is 1. The topological polar surface area (TPSA) is 89.5 Å². The van der Waals surface area contributed by atoms with Crippen molar-refractivity contribution >= 4 is 11.6 Å². The molecule has 32 heavy (non-hydrogen) atoms. The third kappa shape index (κ3) is 4.33. The first-order valence-electron chi connectivity index (χ1n) is 10.2. The number of rotatable bonds is 6. The molecule has 9 nitrogen and oxygen atoms in total. The average Bonchev–Trinajstić information content (AvgIpc) is 3.41. The predicted molar refractivity (Wildman–Crippen MR) is 111 cm³/mol. The summed E-state index contributed by atoms with van der Waals surface area (Å²) in [5, 5.41) is 8.02. The molecule has 1 aromatic carbocycles. The molecule has 1 atom stereocenters. The lowest BCUT2D eigenvalue weighted by atomic mass is 10.1. The second-order valence-corrected chi connectivity index (χ2v) is 7.71. The van der Waals surface area contributed by atoms with E-state index >= 15 is 0 Å². The number of amides is 1. The molecule has 0 saturated carbocycles. The zero-order valence-corrected chi connectivity index (χ0v) is 18.1. The molecule has 170 valence electrons. The monoisotopic (exact) mass is 446 g/mol. The minimum absolute atomic E-state index is 0.0601. The summed E-state index contributed by atoms with van der Waals surface area (Å²) in [4.78, 5) is 20.2. The van der Waals surface area contributed by atoms with E-state index in [4.69, 9.17) is 9.26 Å². The van der Waals surface area contributed by atoms with Gasteiger partial charge in [-0.3, -0.25) is 9.48 Å². The smallest absolute Gasteiger partial charge is 0.276 e. The van der Waals surface area contributed by atoms with Crippen LogP contribution in [0.4, 0.5) is 14.5 Å². The van der Waals surface area contributed by atoms with Crippen LogP contribution in [0, 0.1) is 11.6 Å². The highest BCUT2D eigenvalue weighted by molar-refractivity contribution is 5.94. The molecule has 2 aromatic heterocycles. The summed E-state index contributed by atoms with van der Waals surface area (Å²) in [6, 6.07) is 3.56. The van der Waals surface area contributed by atoms with E-state index in [0.29, 0.717) is 50.1 Å². The minimum Gasteiger partial charge on any atom is -0.378 e. The van der Waals surface area contributed by atoms with Gasteiger partial charge in [0, 0.05) is 51.4 Å². The highest BCUT2D eigenvalue weighted by Gasteiger charge is 2.25. The average molecular weight is 446 g/mol. The molecule has 3 heterocycles. The number of anilines is 1. The molecule has 1 saturated heterocycles. The normalized spacial score (nSPS) is 15.1. The van der Waals surface area contributed by atoms with Crippen molar-refractivity contribution < 1.29 is 22.8 Å². The van der Waals surface area contributed by atoms with Crippen LogP contribution < -0.4 is 4.90 Å². The third-order valence-electron chi connectivity index (χ3n) is 5.56. The Bertz CT molecular complexity index is 1090. The summed E-state index contributed by atoms with van der Waals surface area (Å²) in [6.45, 7) is 3.39. The molecule has 4 rings (SSSR count). The SMILES string of the molecule is CC(Cc1noc(-c2ccnn2C)n1)N(C)C(=O)c1cc(F)c(N2CCOCC2)c(F)c1. The van der Waals surface area contributed by atoms with E-state index in [1.807, 2.05) is 0 Å². The van der Waals surface area contributed by atoms with Gasteiger partial charge < -0.3 is 19.1 Å². The van der Waals surface area contributed by atoms with E-state index in [1.165, 1.54) is 4.90 Å². The van der Waals surface area contributed by atoms with Crippen molar-refractivity contribution in [2.45, 2.75) is 19.4 Å².